The van der Waals surface area contributed by atoms with Gasteiger partial charge in [0.1, 0.15) is 0 Å². The summed E-state index contributed by atoms with van der Waals surface area (Å²) in [6.07, 6.45) is 10.5. The monoisotopic (exact) mass is 427 g/mol. The first-order chi connectivity index (χ1) is 11.8. The summed E-state index contributed by atoms with van der Waals surface area (Å²) in [6, 6.07) is 23.6. The summed E-state index contributed by atoms with van der Waals surface area (Å²) >= 11 is 0. The van der Waals surface area contributed by atoms with E-state index in [1.165, 1.54) is 32.9 Å². The van der Waals surface area contributed by atoms with Crippen LogP contribution in [0.3, 0.4) is 0 Å². The fourth-order valence-corrected chi connectivity index (χ4v) is 3.10. The summed E-state index contributed by atoms with van der Waals surface area (Å²) in [5.74, 6) is 0. The summed E-state index contributed by atoms with van der Waals surface area (Å²) in [5, 5.41) is 3.87. The Bertz CT molecular complexity index is 1020. The molecule has 1 heterocycles. The van der Waals surface area contributed by atoms with Crippen LogP contribution in [0.2, 0.25) is 0 Å². The number of rotatable bonds is 1. The first-order valence-corrected chi connectivity index (χ1v) is 8.27. The van der Waals surface area contributed by atoms with Gasteiger partial charge in [-0.15, -0.1) is 47.5 Å². The Labute approximate surface area is 187 Å². The third kappa shape index (κ3) is 5.21. The molecule has 0 amide bonds. The SMILES string of the molecule is CC1=[C-]CC=C1.[Cl-].[Cl-].[Ti+4].c1ccc2[cH-]c(-n3ccc4ccccc43)cc2c1. The smallest absolute Gasteiger partial charge is 1.00 e. The fourth-order valence-electron chi connectivity index (χ4n) is 3.10. The maximum absolute atomic E-state index is 3.12. The Kier molecular flexibility index (Phi) is 9.22. The normalized spacial score (nSPS) is 11.7. The Hall–Kier alpha value is -1.64. The number of hydrogen-bond donors (Lipinski definition) is 0. The van der Waals surface area contributed by atoms with E-state index < -0.39 is 0 Å². The van der Waals surface area contributed by atoms with Crippen molar-refractivity contribution in [3.63, 3.8) is 0 Å². The maximum atomic E-state index is 3.12. The standard InChI is InChI=1S/C17H12N.C6H7.2ClH.Ti/c1-2-7-15-12-16(11-14(15)6-1)18-10-9-13-5-3-4-8-17(13)18;1-6-4-2-3-5-6;;;/h1-12H;2,4H,3H2,1H3;2*1H;/q2*-1;;;+4/p-2. The first kappa shape index (κ1) is 23.4. The first-order valence-electron chi connectivity index (χ1n) is 8.27. The van der Waals surface area contributed by atoms with Crippen LogP contribution >= 0.6 is 0 Å². The quantitative estimate of drug-likeness (QED) is 0.302. The molecule has 0 saturated heterocycles. The molecular formula is C23H19Cl2NTi. The van der Waals surface area contributed by atoms with Gasteiger partial charge in [-0.05, 0) is 23.2 Å². The minimum absolute atomic E-state index is 0. The average Bonchev–Trinajstić information content (AvgIpc) is 3.33. The number of allylic oxidation sites excluding steroid dienone is 4. The maximum Gasteiger partial charge on any atom is 4.00 e. The zero-order valence-corrected chi connectivity index (χ0v) is 18.1. The molecule has 0 aliphatic heterocycles. The van der Waals surface area contributed by atoms with Gasteiger partial charge in [0, 0.05) is 6.20 Å². The molecule has 0 saturated carbocycles. The van der Waals surface area contributed by atoms with Crippen molar-refractivity contribution >= 4 is 21.7 Å². The van der Waals surface area contributed by atoms with Gasteiger partial charge in [0.05, 0.1) is 5.52 Å². The Balaban J connectivity index is 0.000000354. The van der Waals surface area contributed by atoms with Crippen LogP contribution < -0.4 is 24.8 Å². The van der Waals surface area contributed by atoms with Crippen molar-refractivity contribution in [1.29, 1.82) is 0 Å². The van der Waals surface area contributed by atoms with Gasteiger partial charge in [-0.3, -0.25) is 6.08 Å². The summed E-state index contributed by atoms with van der Waals surface area (Å²) in [7, 11) is 0. The average molecular weight is 428 g/mol. The molecule has 0 atom stereocenters. The number of para-hydroxylation sites is 1. The summed E-state index contributed by atoms with van der Waals surface area (Å²) < 4.78 is 2.25. The van der Waals surface area contributed by atoms with E-state index in [0.29, 0.717) is 0 Å². The van der Waals surface area contributed by atoms with Crippen LogP contribution in [0.25, 0.3) is 27.4 Å². The van der Waals surface area contributed by atoms with Crippen LogP contribution in [0.5, 0.6) is 0 Å². The van der Waals surface area contributed by atoms with Crippen molar-refractivity contribution in [2.45, 2.75) is 13.3 Å². The van der Waals surface area contributed by atoms with Crippen LogP contribution in [-0.4, -0.2) is 4.57 Å². The number of nitrogens with zero attached hydrogens (tertiary/aromatic N) is 1. The van der Waals surface area contributed by atoms with Crippen molar-refractivity contribution in [1.82, 2.24) is 4.57 Å². The van der Waals surface area contributed by atoms with Gasteiger partial charge >= 0.3 is 21.7 Å². The predicted octanol–water partition coefficient (Wildman–Crippen LogP) is 0.204. The second-order valence-electron chi connectivity index (χ2n) is 6.05. The van der Waals surface area contributed by atoms with E-state index in [9.17, 15) is 0 Å². The van der Waals surface area contributed by atoms with Gasteiger partial charge in [-0.1, -0.05) is 31.2 Å². The van der Waals surface area contributed by atoms with E-state index in [-0.39, 0.29) is 46.5 Å². The topological polar surface area (TPSA) is 4.93 Å². The zero-order chi connectivity index (χ0) is 16.4. The molecule has 4 aromatic rings. The van der Waals surface area contributed by atoms with Gasteiger partial charge in [0.15, 0.2) is 0 Å². The van der Waals surface area contributed by atoms with Gasteiger partial charge < -0.3 is 29.4 Å². The summed E-state index contributed by atoms with van der Waals surface area (Å²) in [6.45, 7) is 2.06. The Morgan fingerprint density at radius 2 is 1.63 bits per heavy atom. The van der Waals surface area contributed by atoms with E-state index in [1.807, 2.05) is 0 Å². The molecule has 0 bridgehead atoms. The third-order valence-corrected chi connectivity index (χ3v) is 4.35. The van der Waals surface area contributed by atoms with Gasteiger partial charge in [0.25, 0.3) is 0 Å². The molecule has 5 rings (SSSR count). The minimum atomic E-state index is 0. The van der Waals surface area contributed by atoms with Crippen molar-refractivity contribution in [2.24, 2.45) is 0 Å². The summed E-state index contributed by atoms with van der Waals surface area (Å²) in [5.41, 5.74) is 3.76. The molecule has 1 aromatic heterocycles. The number of aromatic nitrogens is 1. The minimum Gasteiger partial charge on any atom is -1.00 e. The van der Waals surface area contributed by atoms with Crippen LogP contribution in [0.1, 0.15) is 13.3 Å². The molecular weight excluding hydrogens is 409 g/mol. The van der Waals surface area contributed by atoms with Gasteiger partial charge in [-0.25, -0.2) is 11.6 Å². The largest absolute Gasteiger partial charge is 4.00 e. The molecule has 0 radical (unpaired) electrons. The zero-order valence-electron chi connectivity index (χ0n) is 15.0. The fraction of sp³-hybridized carbons (Fsp3) is 0.0870. The second-order valence-corrected chi connectivity index (χ2v) is 6.05. The number of fused-ring (bicyclic) bond motifs is 2. The molecule has 1 nitrogen and oxygen atoms in total. The number of benzene rings is 2. The molecule has 4 heteroatoms. The van der Waals surface area contributed by atoms with E-state index in [0.717, 1.165) is 6.42 Å². The summed E-state index contributed by atoms with van der Waals surface area (Å²) in [4.78, 5) is 0. The molecule has 134 valence electrons. The Morgan fingerprint density at radius 3 is 2.26 bits per heavy atom. The van der Waals surface area contributed by atoms with Crippen LogP contribution in [0, 0.1) is 6.08 Å². The van der Waals surface area contributed by atoms with E-state index in [1.54, 1.807) is 0 Å². The van der Waals surface area contributed by atoms with Crippen LogP contribution in [0.4, 0.5) is 0 Å². The second kappa shape index (κ2) is 10.6. The van der Waals surface area contributed by atoms with Crippen molar-refractivity contribution in [3.8, 4) is 5.69 Å². The molecule has 1 aliphatic carbocycles. The van der Waals surface area contributed by atoms with E-state index in [4.69, 9.17) is 0 Å². The molecule has 1 aliphatic rings. The molecule has 0 spiro atoms. The Morgan fingerprint density at radius 1 is 0.926 bits per heavy atom. The molecule has 27 heavy (non-hydrogen) atoms. The van der Waals surface area contributed by atoms with Gasteiger partial charge in [-0.2, -0.15) is 6.08 Å². The van der Waals surface area contributed by atoms with Gasteiger partial charge in [0.2, 0.25) is 0 Å². The van der Waals surface area contributed by atoms with Crippen LogP contribution in [0.15, 0.2) is 90.7 Å². The third-order valence-electron chi connectivity index (χ3n) is 4.35. The van der Waals surface area contributed by atoms with Crippen molar-refractivity contribution in [2.75, 3.05) is 0 Å². The van der Waals surface area contributed by atoms with Crippen molar-refractivity contribution < 1.29 is 46.5 Å². The number of hydrogen-bond acceptors (Lipinski definition) is 0. The van der Waals surface area contributed by atoms with Crippen LogP contribution in [-0.2, 0) is 21.7 Å². The van der Waals surface area contributed by atoms with E-state index >= 15 is 0 Å². The number of halogens is 2. The van der Waals surface area contributed by atoms with E-state index in [2.05, 4.69) is 103 Å². The predicted molar refractivity (Wildman–Crippen MR) is 103 cm³/mol. The molecule has 3 aromatic carbocycles. The molecule has 0 N–H and O–H groups in total. The molecule has 0 fully saturated rings. The van der Waals surface area contributed by atoms with Crippen molar-refractivity contribution in [3.05, 3.63) is 96.7 Å². The molecule has 0 unspecified atom stereocenters.